The fraction of sp³-hybridized carbons (Fsp3) is 0.480. The van der Waals surface area contributed by atoms with E-state index in [1.165, 1.54) is 4.31 Å². The summed E-state index contributed by atoms with van der Waals surface area (Å²) in [5.74, 6) is 0.633. The predicted octanol–water partition coefficient (Wildman–Crippen LogP) is 3.50. The number of sulfonamides is 1. The standard InChI is InChI=1S/C25H31N3O4S/c1-2-32-21-9-11-22(12-10-21)33(30,31)26-16-13-19(14-17-26)25(29)28-18-20-6-5-15-27(20)23-7-3-4-8-24(23)28/h3-4,7-12,19-20H,2,5-6,13-18H2,1H3/t20-/m1/s1. The average molecular weight is 470 g/mol. The Balaban J connectivity index is 1.27. The van der Waals surface area contributed by atoms with Crippen LogP contribution in [0.1, 0.15) is 32.6 Å². The molecule has 3 heterocycles. The summed E-state index contributed by atoms with van der Waals surface area (Å²) in [6.07, 6.45) is 3.35. The molecule has 2 fully saturated rings. The van der Waals surface area contributed by atoms with Gasteiger partial charge in [-0.15, -0.1) is 0 Å². The summed E-state index contributed by atoms with van der Waals surface area (Å²) < 4.78 is 33.1. The van der Waals surface area contributed by atoms with Crippen LogP contribution in [0.3, 0.4) is 0 Å². The number of rotatable bonds is 5. The monoisotopic (exact) mass is 469 g/mol. The van der Waals surface area contributed by atoms with Gasteiger partial charge in [0.25, 0.3) is 0 Å². The highest BCUT2D eigenvalue weighted by atomic mass is 32.2. The molecule has 3 aliphatic heterocycles. The minimum Gasteiger partial charge on any atom is -0.494 e. The molecule has 0 spiro atoms. The molecule has 1 amide bonds. The number of hydrogen-bond donors (Lipinski definition) is 0. The van der Waals surface area contributed by atoms with Crippen molar-refractivity contribution in [1.82, 2.24) is 4.31 Å². The molecular formula is C25H31N3O4S. The van der Waals surface area contributed by atoms with Gasteiger partial charge in [0.15, 0.2) is 0 Å². The fourth-order valence-corrected chi connectivity index (χ4v) is 6.85. The highest BCUT2D eigenvalue weighted by molar-refractivity contribution is 7.89. The van der Waals surface area contributed by atoms with Gasteiger partial charge >= 0.3 is 0 Å². The molecule has 5 rings (SSSR count). The van der Waals surface area contributed by atoms with Crippen LogP contribution in [-0.4, -0.2) is 57.5 Å². The van der Waals surface area contributed by atoms with E-state index in [0.717, 1.165) is 37.3 Å². The van der Waals surface area contributed by atoms with E-state index in [2.05, 4.69) is 11.0 Å². The Morgan fingerprint density at radius 3 is 2.36 bits per heavy atom. The summed E-state index contributed by atoms with van der Waals surface area (Å²) in [6.45, 7) is 4.91. The van der Waals surface area contributed by atoms with Crippen molar-refractivity contribution in [2.24, 2.45) is 5.92 Å². The van der Waals surface area contributed by atoms with Crippen LogP contribution in [0.25, 0.3) is 0 Å². The number of piperidine rings is 1. The maximum absolute atomic E-state index is 13.6. The number of carbonyl (C=O) groups is 1. The second-order valence-electron chi connectivity index (χ2n) is 9.01. The number of ether oxygens (including phenoxy) is 1. The van der Waals surface area contributed by atoms with E-state index in [1.807, 2.05) is 30.0 Å². The van der Waals surface area contributed by atoms with E-state index in [4.69, 9.17) is 4.74 Å². The van der Waals surface area contributed by atoms with Crippen LogP contribution >= 0.6 is 0 Å². The molecule has 1 atom stereocenters. The molecule has 2 aromatic carbocycles. The quantitative estimate of drug-likeness (QED) is 0.670. The largest absolute Gasteiger partial charge is 0.494 e. The maximum Gasteiger partial charge on any atom is 0.243 e. The van der Waals surface area contributed by atoms with E-state index < -0.39 is 10.0 Å². The fourth-order valence-electron chi connectivity index (χ4n) is 5.38. The molecule has 3 aliphatic rings. The predicted molar refractivity (Wildman–Crippen MR) is 128 cm³/mol. The molecule has 0 bridgehead atoms. The lowest BCUT2D eigenvalue weighted by atomic mass is 9.95. The number of carbonyl (C=O) groups excluding carboxylic acids is 1. The molecule has 8 heteroatoms. The Kier molecular flexibility index (Phi) is 6.05. The zero-order valence-corrected chi connectivity index (χ0v) is 19.8. The van der Waals surface area contributed by atoms with E-state index in [9.17, 15) is 13.2 Å². The third-order valence-corrected chi connectivity index (χ3v) is 9.01. The smallest absolute Gasteiger partial charge is 0.243 e. The molecule has 2 aromatic rings. The van der Waals surface area contributed by atoms with Gasteiger partial charge in [0.05, 0.1) is 22.9 Å². The van der Waals surface area contributed by atoms with Crippen LogP contribution in [-0.2, 0) is 14.8 Å². The van der Waals surface area contributed by atoms with Gasteiger partial charge in [0, 0.05) is 38.1 Å². The summed E-state index contributed by atoms with van der Waals surface area (Å²) >= 11 is 0. The third kappa shape index (κ3) is 4.10. The van der Waals surface area contributed by atoms with Crippen LogP contribution in [0.2, 0.25) is 0 Å². The first-order valence-corrected chi connectivity index (χ1v) is 13.3. The third-order valence-electron chi connectivity index (χ3n) is 7.09. The number of para-hydroxylation sites is 2. The van der Waals surface area contributed by atoms with Crippen LogP contribution in [0, 0.1) is 5.92 Å². The molecule has 2 saturated heterocycles. The summed E-state index contributed by atoms with van der Waals surface area (Å²) in [5.41, 5.74) is 2.14. The first-order chi connectivity index (χ1) is 16.0. The van der Waals surface area contributed by atoms with E-state index in [0.29, 0.717) is 44.3 Å². The van der Waals surface area contributed by atoms with Crippen molar-refractivity contribution in [3.8, 4) is 5.75 Å². The van der Waals surface area contributed by atoms with Gasteiger partial charge < -0.3 is 14.5 Å². The Labute approximate surface area is 196 Å². The minimum absolute atomic E-state index is 0.132. The lowest BCUT2D eigenvalue weighted by molar-refractivity contribution is -0.123. The lowest BCUT2D eigenvalue weighted by Gasteiger charge is -2.42. The van der Waals surface area contributed by atoms with Crippen molar-refractivity contribution in [1.29, 1.82) is 0 Å². The summed E-state index contributed by atoms with van der Waals surface area (Å²) in [7, 11) is -3.58. The van der Waals surface area contributed by atoms with Gasteiger partial charge in [0.2, 0.25) is 15.9 Å². The van der Waals surface area contributed by atoms with Crippen LogP contribution in [0.5, 0.6) is 5.75 Å². The van der Waals surface area contributed by atoms with Crippen molar-refractivity contribution in [3.05, 3.63) is 48.5 Å². The SMILES string of the molecule is CCOc1ccc(S(=O)(=O)N2CCC(C(=O)N3C[C@H]4CCCN4c4ccccc43)CC2)cc1. The van der Waals surface area contributed by atoms with Gasteiger partial charge in [-0.3, -0.25) is 4.79 Å². The normalized spacial score (nSPS) is 21.5. The van der Waals surface area contributed by atoms with Crippen LogP contribution in [0.4, 0.5) is 11.4 Å². The minimum atomic E-state index is -3.58. The van der Waals surface area contributed by atoms with Gasteiger partial charge in [-0.25, -0.2) is 8.42 Å². The molecule has 0 aliphatic carbocycles. The second-order valence-corrected chi connectivity index (χ2v) is 10.9. The van der Waals surface area contributed by atoms with E-state index >= 15 is 0 Å². The summed E-state index contributed by atoms with van der Waals surface area (Å²) in [6, 6.07) is 15.1. The summed E-state index contributed by atoms with van der Waals surface area (Å²) in [5, 5.41) is 0. The average Bonchev–Trinajstić information content (AvgIpc) is 3.33. The highest BCUT2D eigenvalue weighted by Crippen LogP contribution is 2.40. The first-order valence-electron chi connectivity index (χ1n) is 11.9. The molecule has 0 N–H and O–H groups in total. The van der Waals surface area contributed by atoms with Crippen molar-refractivity contribution in [2.45, 2.75) is 43.5 Å². The molecule has 0 aromatic heterocycles. The Morgan fingerprint density at radius 2 is 1.67 bits per heavy atom. The van der Waals surface area contributed by atoms with Crippen molar-refractivity contribution < 1.29 is 17.9 Å². The highest BCUT2D eigenvalue weighted by Gasteiger charge is 2.39. The molecule has 0 saturated carbocycles. The van der Waals surface area contributed by atoms with Crippen molar-refractivity contribution in [2.75, 3.05) is 42.6 Å². The van der Waals surface area contributed by atoms with Crippen molar-refractivity contribution >= 4 is 27.3 Å². The first kappa shape index (κ1) is 22.2. The Morgan fingerprint density at radius 1 is 0.970 bits per heavy atom. The lowest BCUT2D eigenvalue weighted by Crippen LogP contribution is -2.51. The number of benzene rings is 2. The van der Waals surface area contributed by atoms with Crippen molar-refractivity contribution in [3.63, 3.8) is 0 Å². The number of hydrogen-bond acceptors (Lipinski definition) is 5. The number of amides is 1. The van der Waals surface area contributed by atoms with Gasteiger partial charge in [-0.2, -0.15) is 4.31 Å². The molecule has 7 nitrogen and oxygen atoms in total. The molecule has 176 valence electrons. The number of fused-ring (bicyclic) bond motifs is 3. The number of nitrogens with zero attached hydrogens (tertiary/aromatic N) is 3. The zero-order valence-electron chi connectivity index (χ0n) is 19.0. The van der Waals surface area contributed by atoms with Crippen LogP contribution < -0.4 is 14.5 Å². The second kappa shape index (κ2) is 8.99. The van der Waals surface area contributed by atoms with Gasteiger partial charge in [-0.1, -0.05) is 12.1 Å². The van der Waals surface area contributed by atoms with Crippen LogP contribution in [0.15, 0.2) is 53.4 Å². The Bertz CT molecular complexity index is 1110. The molecule has 0 unspecified atom stereocenters. The number of anilines is 2. The zero-order chi connectivity index (χ0) is 23.0. The van der Waals surface area contributed by atoms with Gasteiger partial charge in [0.1, 0.15) is 5.75 Å². The maximum atomic E-state index is 13.6. The molecule has 33 heavy (non-hydrogen) atoms. The molecular weight excluding hydrogens is 438 g/mol. The van der Waals surface area contributed by atoms with Gasteiger partial charge in [-0.05, 0) is 69.0 Å². The van der Waals surface area contributed by atoms with E-state index in [-0.39, 0.29) is 16.7 Å². The topological polar surface area (TPSA) is 70.2 Å². The summed E-state index contributed by atoms with van der Waals surface area (Å²) in [4.78, 5) is 18.2. The Hall–Kier alpha value is -2.58. The van der Waals surface area contributed by atoms with E-state index in [1.54, 1.807) is 24.3 Å². The molecule has 0 radical (unpaired) electrons.